The van der Waals surface area contributed by atoms with Gasteiger partial charge in [-0.1, -0.05) is 0 Å². The van der Waals surface area contributed by atoms with E-state index < -0.39 is 0 Å². The highest BCUT2D eigenvalue weighted by Gasteiger charge is 2.17. The van der Waals surface area contributed by atoms with Crippen LogP contribution >= 0.6 is 11.3 Å². The quantitative estimate of drug-likeness (QED) is 0.647. The first-order valence-electron chi connectivity index (χ1n) is 8.77. The summed E-state index contributed by atoms with van der Waals surface area (Å²) in [4.78, 5) is 19.7. The molecule has 146 valence electrons. The van der Waals surface area contributed by atoms with Crippen LogP contribution in [-0.4, -0.2) is 25.0 Å². The fraction of sp³-hybridized carbons (Fsp3) is 0.238. The maximum atomic E-state index is 13.0. The van der Waals surface area contributed by atoms with Crippen molar-refractivity contribution < 1.29 is 13.9 Å². The number of carbonyl (C=O) groups excluding carboxylic acids is 1. The van der Waals surface area contributed by atoms with E-state index in [0.717, 1.165) is 16.9 Å². The summed E-state index contributed by atoms with van der Waals surface area (Å²) < 4.78 is 18.6. The lowest BCUT2D eigenvalue weighted by Gasteiger charge is -2.15. The fourth-order valence-corrected chi connectivity index (χ4v) is 3.52. The number of thiazole rings is 1. The number of amides is 1. The SMILES string of the molecule is Cc1cc(N(C)C)ccc1NC(=O)c1sc(COc2ccc(F)cc2)nc1C. The van der Waals surface area contributed by atoms with E-state index in [1.54, 1.807) is 19.1 Å². The third kappa shape index (κ3) is 4.67. The molecule has 1 heterocycles. The molecule has 5 nitrogen and oxygen atoms in total. The van der Waals surface area contributed by atoms with Crippen molar-refractivity contribution in [1.82, 2.24) is 4.98 Å². The van der Waals surface area contributed by atoms with Crippen LogP contribution in [0.4, 0.5) is 15.8 Å². The van der Waals surface area contributed by atoms with Crippen molar-refractivity contribution in [3.63, 3.8) is 0 Å². The van der Waals surface area contributed by atoms with Crippen LogP contribution in [0.5, 0.6) is 5.75 Å². The Hall–Kier alpha value is -2.93. The van der Waals surface area contributed by atoms with Gasteiger partial charge in [0, 0.05) is 25.5 Å². The molecule has 0 radical (unpaired) electrons. The van der Waals surface area contributed by atoms with E-state index in [4.69, 9.17) is 4.74 Å². The zero-order valence-electron chi connectivity index (χ0n) is 16.2. The smallest absolute Gasteiger partial charge is 0.267 e. The van der Waals surface area contributed by atoms with Crippen LogP contribution < -0.4 is 15.0 Å². The Morgan fingerprint density at radius 1 is 1.18 bits per heavy atom. The van der Waals surface area contributed by atoms with Crippen LogP contribution in [0.2, 0.25) is 0 Å². The Kier molecular flexibility index (Phi) is 5.94. The molecule has 0 fully saturated rings. The van der Waals surface area contributed by atoms with Crippen molar-refractivity contribution in [1.29, 1.82) is 0 Å². The number of carbonyl (C=O) groups is 1. The molecule has 1 N–H and O–H groups in total. The molecular formula is C21H22FN3O2S. The average molecular weight is 399 g/mol. The molecule has 2 aromatic carbocycles. The van der Waals surface area contributed by atoms with Crippen molar-refractivity contribution in [2.24, 2.45) is 0 Å². The number of hydrogen-bond acceptors (Lipinski definition) is 5. The lowest BCUT2D eigenvalue weighted by molar-refractivity contribution is 0.102. The van der Waals surface area contributed by atoms with E-state index in [1.165, 1.54) is 23.5 Å². The molecule has 0 atom stereocenters. The number of nitrogens with zero attached hydrogens (tertiary/aromatic N) is 2. The summed E-state index contributed by atoms with van der Waals surface area (Å²) in [5, 5.41) is 3.64. The summed E-state index contributed by atoms with van der Waals surface area (Å²) in [7, 11) is 3.95. The first-order valence-corrected chi connectivity index (χ1v) is 9.59. The Balaban J connectivity index is 1.68. The molecule has 1 aromatic heterocycles. The Morgan fingerprint density at radius 2 is 1.89 bits per heavy atom. The van der Waals surface area contributed by atoms with Crippen LogP contribution in [0, 0.1) is 19.7 Å². The van der Waals surface area contributed by atoms with Gasteiger partial charge in [0.15, 0.2) is 0 Å². The molecule has 0 aliphatic carbocycles. The summed E-state index contributed by atoms with van der Waals surface area (Å²) >= 11 is 1.29. The molecule has 0 aliphatic rings. The fourth-order valence-electron chi connectivity index (χ4n) is 2.65. The minimum absolute atomic E-state index is 0.191. The highest BCUT2D eigenvalue weighted by Crippen LogP contribution is 2.25. The largest absolute Gasteiger partial charge is 0.486 e. The number of nitrogens with one attached hydrogen (secondary N) is 1. The molecular weight excluding hydrogens is 377 g/mol. The molecule has 0 saturated heterocycles. The Morgan fingerprint density at radius 3 is 2.54 bits per heavy atom. The van der Waals surface area contributed by atoms with Crippen LogP contribution in [0.25, 0.3) is 0 Å². The molecule has 0 aliphatic heterocycles. The summed E-state index contributed by atoms with van der Waals surface area (Å²) in [5.74, 6) is 0.0471. The average Bonchev–Trinajstić information content (AvgIpc) is 3.03. The second kappa shape index (κ2) is 8.39. The Labute approximate surface area is 167 Å². The van der Waals surface area contributed by atoms with Gasteiger partial charge in [-0.3, -0.25) is 4.79 Å². The number of anilines is 2. The number of rotatable bonds is 6. The van der Waals surface area contributed by atoms with Gasteiger partial charge in [-0.05, 0) is 61.9 Å². The van der Waals surface area contributed by atoms with Gasteiger partial charge in [-0.2, -0.15) is 0 Å². The van der Waals surface area contributed by atoms with Crippen molar-refractivity contribution in [3.05, 3.63) is 69.4 Å². The number of ether oxygens (including phenoxy) is 1. The molecule has 7 heteroatoms. The van der Waals surface area contributed by atoms with Gasteiger partial charge in [0.25, 0.3) is 5.91 Å². The summed E-state index contributed by atoms with van der Waals surface area (Å²) in [6.07, 6.45) is 0. The predicted octanol–water partition coefficient (Wildman–Crippen LogP) is 4.80. The van der Waals surface area contributed by atoms with Crippen molar-refractivity contribution in [2.45, 2.75) is 20.5 Å². The van der Waals surface area contributed by atoms with E-state index in [0.29, 0.717) is 21.3 Å². The molecule has 0 saturated carbocycles. The minimum atomic E-state index is -0.315. The highest BCUT2D eigenvalue weighted by atomic mass is 32.1. The van der Waals surface area contributed by atoms with Gasteiger partial charge in [0.05, 0.1) is 5.69 Å². The maximum Gasteiger partial charge on any atom is 0.267 e. The van der Waals surface area contributed by atoms with E-state index >= 15 is 0 Å². The van der Waals surface area contributed by atoms with Crippen molar-refractivity contribution >= 4 is 28.6 Å². The predicted molar refractivity (Wildman–Crippen MR) is 111 cm³/mol. The monoisotopic (exact) mass is 399 g/mol. The second-order valence-corrected chi connectivity index (χ2v) is 7.70. The standard InChI is InChI=1S/C21H22FN3O2S/c1-13-11-16(25(3)4)7-10-18(13)24-21(26)20-14(2)23-19(28-20)12-27-17-8-5-15(22)6-9-17/h5-11H,12H2,1-4H3,(H,24,26). The van der Waals surface area contributed by atoms with Gasteiger partial charge in [0.1, 0.15) is 28.1 Å². The molecule has 3 rings (SSSR count). The van der Waals surface area contributed by atoms with Gasteiger partial charge in [-0.25, -0.2) is 9.37 Å². The van der Waals surface area contributed by atoms with Gasteiger partial charge in [0.2, 0.25) is 0 Å². The zero-order chi connectivity index (χ0) is 20.3. The lowest BCUT2D eigenvalue weighted by Crippen LogP contribution is -2.13. The third-order valence-electron chi connectivity index (χ3n) is 4.20. The second-order valence-electron chi connectivity index (χ2n) is 6.61. The zero-order valence-corrected chi connectivity index (χ0v) is 17.1. The normalized spacial score (nSPS) is 10.6. The molecule has 0 bridgehead atoms. The maximum absolute atomic E-state index is 13.0. The first-order chi connectivity index (χ1) is 13.3. The van der Waals surface area contributed by atoms with E-state index in [2.05, 4.69) is 10.3 Å². The minimum Gasteiger partial charge on any atom is -0.486 e. The summed E-state index contributed by atoms with van der Waals surface area (Å²) in [5.41, 5.74) is 3.49. The number of aromatic nitrogens is 1. The summed E-state index contributed by atoms with van der Waals surface area (Å²) in [6.45, 7) is 3.99. The molecule has 3 aromatic rings. The molecule has 0 spiro atoms. The molecule has 0 unspecified atom stereocenters. The third-order valence-corrected chi connectivity index (χ3v) is 5.33. The van der Waals surface area contributed by atoms with E-state index in [1.807, 2.05) is 44.1 Å². The molecule has 1 amide bonds. The topological polar surface area (TPSA) is 54.5 Å². The first kappa shape index (κ1) is 19.8. The van der Waals surface area contributed by atoms with Crippen LogP contribution in [0.3, 0.4) is 0 Å². The van der Waals surface area contributed by atoms with Crippen molar-refractivity contribution in [2.75, 3.05) is 24.3 Å². The number of hydrogen-bond donors (Lipinski definition) is 1. The van der Waals surface area contributed by atoms with Gasteiger partial charge >= 0.3 is 0 Å². The van der Waals surface area contributed by atoms with Crippen LogP contribution in [-0.2, 0) is 6.61 Å². The van der Waals surface area contributed by atoms with Crippen LogP contribution in [0.15, 0.2) is 42.5 Å². The van der Waals surface area contributed by atoms with Gasteiger partial charge in [-0.15, -0.1) is 11.3 Å². The van der Waals surface area contributed by atoms with Crippen molar-refractivity contribution in [3.8, 4) is 5.75 Å². The van der Waals surface area contributed by atoms with Gasteiger partial charge < -0.3 is 15.0 Å². The number of halogens is 1. The highest BCUT2D eigenvalue weighted by molar-refractivity contribution is 7.13. The molecule has 28 heavy (non-hydrogen) atoms. The van der Waals surface area contributed by atoms with E-state index in [-0.39, 0.29) is 18.3 Å². The van der Waals surface area contributed by atoms with Crippen LogP contribution in [0.1, 0.15) is 25.9 Å². The van der Waals surface area contributed by atoms with E-state index in [9.17, 15) is 9.18 Å². The summed E-state index contributed by atoms with van der Waals surface area (Å²) in [6, 6.07) is 11.7. The lowest BCUT2D eigenvalue weighted by atomic mass is 10.1. The number of aryl methyl sites for hydroxylation is 2. The number of benzene rings is 2. The Bertz CT molecular complexity index is 984.